The van der Waals surface area contributed by atoms with Crippen molar-refractivity contribution in [1.82, 2.24) is 4.57 Å². The number of hydrogen-bond acceptors (Lipinski definition) is 1. The number of fused-ring (bicyclic) bond motifs is 1. The van der Waals surface area contributed by atoms with Crippen molar-refractivity contribution in [3.63, 3.8) is 0 Å². The topological polar surface area (TPSA) is 42.2 Å². The summed E-state index contributed by atoms with van der Waals surface area (Å²) < 4.78 is 1.84. The summed E-state index contributed by atoms with van der Waals surface area (Å²) in [5, 5.41) is 10.2. The van der Waals surface area contributed by atoms with Crippen LogP contribution in [0, 0.1) is 0 Å². The van der Waals surface area contributed by atoms with Gasteiger partial charge in [0.1, 0.15) is 6.54 Å². The summed E-state index contributed by atoms with van der Waals surface area (Å²) >= 11 is 0. The number of carboxylic acid groups (broad SMARTS) is 1. The smallest absolute Gasteiger partial charge is 0.323 e. The van der Waals surface area contributed by atoms with Crippen molar-refractivity contribution in [1.29, 1.82) is 0 Å². The average molecular weight is 273 g/mol. The van der Waals surface area contributed by atoms with E-state index in [4.69, 9.17) is 5.11 Å². The maximum atomic E-state index is 11.0. The summed E-state index contributed by atoms with van der Waals surface area (Å²) in [6.07, 6.45) is 4.04. The van der Waals surface area contributed by atoms with Gasteiger partial charge in [-0.2, -0.15) is 0 Å². The Kier molecular flexibility index (Phi) is 3.89. The first-order chi connectivity index (χ1) is 9.32. The molecule has 20 heavy (non-hydrogen) atoms. The highest BCUT2D eigenvalue weighted by atomic mass is 16.4. The monoisotopic (exact) mass is 273 g/mol. The maximum Gasteiger partial charge on any atom is 0.323 e. The Hall–Kier alpha value is -1.77. The van der Waals surface area contributed by atoms with Gasteiger partial charge in [-0.3, -0.25) is 4.79 Å². The summed E-state index contributed by atoms with van der Waals surface area (Å²) in [6, 6.07) is 6.38. The van der Waals surface area contributed by atoms with Crippen molar-refractivity contribution in [3.05, 3.63) is 35.5 Å². The van der Waals surface area contributed by atoms with Crippen LogP contribution < -0.4 is 0 Å². The van der Waals surface area contributed by atoms with Crippen LogP contribution in [-0.2, 0) is 23.2 Å². The van der Waals surface area contributed by atoms with Gasteiger partial charge in [0.15, 0.2) is 0 Å². The lowest BCUT2D eigenvalue weighted by atomic mass is 9.86. The van der Waals surface area contributed by atoms with E-state index in [0.29, 0.717) is 0 Å². The predicted molar refractivity (Wildman–Crippen MR) is 82.3 cm³/mol. The van der Waals surface area contributed by atoms with E-state index in [1.807, 2.05) is 10.8 Å². The number of hydrogen-bond donors (Lipinski definition) is 1. The second-order valence-electron chi connectivity index (χ2n) is 6.41. The first-order valence-electron chi connectivity index (χ1n) is 7.17. The fourth-order valence-corrected chi connectivity index (χ4v) is 2.58. The molecular weight excluding hydrogens is 250 g/mol. The minimum atomic E-state index is -0.801. The van der Waals surface area contributed by atoms with Crippen molar-refractivity contribution >= 4 is 16.9 Å². The van der Waals surface area contributed by atoms with E-state index < -0.39 is 5.97 Å². The second kappa shape index (κ2) is 5.31. The number of nitrogens with zero attached hydrogens (tertiary/aromatic N) is 1. The highest BCUT2D eigenvalue weighted by Crippen LogP contribution is 2.29. The zero-order valence-corrected chi connectivity index (χ0v) is 12.7. The Balaban J connectivity index is 2.60. The lowest BCUT2D eigenvalue weighted by Crippen LogP contribution is -2.11. The van der Waals surface area contributed by atoms with E-state index in [1.54, 1.807) is 0 Å². The normalized spacial score (nSPS) is 12.0. The van der Waals surface area contributed by atoms with E-state index in [-0.39, 0.29) is 12.0 Å². The zero-order chi connectivity index (χ0) is 14.9. The fourth-order valence-electron chi connectivity index (χ4n) is 2.58. The van der Waals surface area contributed by atoms with Crippen molar-refractivity contribution in [2.75, 3.05) is 0 Å². The molecule has 1 heterocycles. The van der Waals surface area contributed by atoms with Gasteiger partial charge in [0, 0.05) is 17.1 Å². The highest BCUT2D eigenvalue weighted by Gasteiger charge is 2.17. The molecule has 2 rings (SSSR count). The molecule has 0 fully saturated rings. The van der Waals surface area contributed by atoms with Crippen molar-refractivity contribution < 1.29 is 9.90 Å². The molecule has 0 saturated heterocycles. The van der Waals surface area contributed by atoms with E-state index in [2.05, 4.69) is 45.9 Å². The molecule has 0 bridgehead atoms. The molecule has 1 N–H and O–H groups in total. The number of aliphatic carboxylic acids is 1. The molecule has 3 nitrogen and oxygen atoms in total. The highest BCUT2D eigenvalue weighted by molar-refractivity contribution is 5.86. The minimum Gasteiger partial charge on any atom is -0.480 e. The molecule has 0 aliphatic carbocycles. The van der Waals surface area contributed by atoms with Gasteiger partial charge >= 0.3 is 5.97 Å². The van der Waals surface area contributed by atoms with Gasteiger partial charge in [-0.15, -0.1) is 0 Å². The van der Waals surface area contributed by atoms with Crippen LogP contribution in [0.25, 0.3) is 10.9 Å². The Morgan fingerprint density at radius 3 is 2.55 bits per heavy atom. The summed E-state index contributed by atoms with van der Waals surface area (Å²) in [4.78, 5) is 11.0. The summed E-state index contributed by atoms with van der Waals surface area (Å²) in [5.74, 6) is -0.801. The third-order valence-electron chi connectivity index (χ3n) is 3.65. The maximum absolute atomic E-state index is 11.0. The largest absolute Gasteiger partial charge is 0.480 e. The van der Waals surface area contributed by atoms with Gasteiger partial charge in [0.25, 0.3) is 0 Å². The molecule has 0 radical (unpaired) electrons. The molecule has 0 aliphatic rings. The standard InChI is InChI=1S/C17H23NO2/c1-5-6-12-10-18(11-16(19)20)15-8-7-13(9-14(12)15)17(2,3)4/h7-10H,5-6,11H2,1-4H3,(H,19,20). The van der Waals surface area contributed by atoms with Crippen LogP contribution in [0.3, 0.4) is 0 Å². The Morgan fingerprint density at radius 1 is 1.30 bits per heavy atom. The first-order valence-corrected chi connectivity index (χ1v) is 7.17. The fraction of sp³-hybridized carbons (Fsp3) is 0.471. The first kappa shape index (κ1) is 14.6. The molecule has 3 heteroatoms. The molecule has 1 aromatic carbocycles. The van der Waals surface area contributed by atoms with Crippen LogP contribution in [0.15, 0.2) is 24.4 Å². The van der Waals surface area contributed by atoms with Crippen LogP contribution >= 0.6 is 0 Å². The van der Waals surface area contributed by atoms with Crippen LogP contribution in [0.2, 0.25) is 0 Å². The number of carbonyl (C=O) groups is 1. The van der Waals surface area contributed by atoms with E-state index >= 15 is 0 Å². The van der Waals surface area contributed by atoms with Crippen LogP contribution in [0.5, 0.6) is 0 Å². The average Bonchev–Trinajstić information content (AvgIpc) is 2.66. The van der Waals surface area contributed by atoms with Gasteiger partial charge in [0.05, 0.1) is 0 Å². The van der Waals surface area contributed by atoms with E-state index in [1.165, 1.54) is 16.5 Å². The summed E-state index contributed by atoms with van der Waals surface area (Å²) in [5.41, 5.74) is 3.65. The minimum absolute atomic E-state index is 0.0229. The number of aryl methyl sites for hydroxylation is 1. The quantitative estimate of drug-likeness (QED) is 0.915. The van der Waals surface area contributed by atoms with E-state index in [0.717, 1.165) is 18.4 Å². The van der Waals surface area contributed by atoms with Crippen molar-refractivity contribution in [2.45, 2.75) is 52.5 Å². The van der Waals surface area contributed by atoms with Gasteiger partial charge in [-0.1, -0.05) is 40.2 Å². The third kappa shape index (κ3) is 2.87. The molecule has 0 saturated carbocycles. The summed E-state index contributed by atoms with van der Waals surface area (Å²) in [6.45, 7) is 8.76. The summed E-state index contributed by atoms with van der Waals surface area (Å²) in [7, 11) is 0. The number of carboxylic acids is 1. The molecule has 0 unspecified atom stereocenters. The number of benzene rings is 1. The van der Waals surface area contributed by atoms with Crippen LogP contribution in [0.4, 0.5) is 0 Å². The molecule has 108 valence electrons. The molecule has 0 aliphatic heterocycles. The van der Waals surface area contributed by atoms with Gasteiger partial charge in [-0.05, 0) is 35.1 Å². The van der Waals surface area contributed by atoms with Gasteiger partial charge < -0.3 is 9.67 Å². The van der Waals surface area contributed by atoms with Crippen LogP contribution in [0.1, 0.15) is 45.2 Å². The number of rotatable bonds is 4. The Bertz CT molecular complexity index is 632. The van der Waals surface area contributed by atoms with Crippen molar-refractivity contribution in [3.8, 4) is 0 Å². The lowest BCUT2D eigenvalue weighted by Gasteiger charge is -2.19. The van der Waals surface area contributed by atoms with E-state index in [9.17, 15) is 4.79 Å². The third-order valence-corrected chi connectivity index (χ3v) is 3.65. The van der Waals surface area contributed by atoms with Crippen molar-refractivity contribution in [2.24, 2.45) is 0 Å². The Morgan fingerprint density at radius 2 is 2.00 bits per heavy atom. The number of aromatic nitrogens is 1. The van der Waals surface area contributed by atoms with Gasteiger partial charge in [0.2, 0.25) is 0 Å². The SMILES string of the molecule is CCCc1cn(CC(=O)O)c2ccc(C(C)(C)C)cc12. The predicted octanol–water partition coefficient (Wildman–Crippen LogP) is 3.98. The zero-order valence-electron chi connectivity index (χ0n) is 12.7. The lowest BCUT2D eigenvalue weighted by molar-refractivity contribution is -0.137. The van der Waals surface area contributed by atoms with Gasteiger partial charge in [-0.25, -0.2) is 0 Å². The molecule has 0 spiro atoms. The molecule has 1 aromatic heterocycles. The second-order valence-corrected chi connectivity index (χ2v) is 6.41. The molecule has 2 aromatic rings. The molecule has 0 atom stereocenters. The molecule has 0 amide bonds. The Labute approximate surface area is 120 Å². The molecular formula is C17H23NO2. The van der Waals surface area contributed by atoms with Crippen LogP contribution in [-0.4, -0.2) is 15.6 Å².